The van der Waals surface area contributed by atoms with Gasteiger partial charge < -0.3 is 10.1 Å². The van der Waals surface area contributed by atoms with Gasteiger partial charge in [0.05, 0.1) is 0 Å². The van der Waals surface area contributed by atoms with Crippen molar-refractivity contribution in [3.05, 3.63) is 10.8 Å². The Morgan fingerprint density at radius 1 is 1.50 bits per heavy atom. The molecule has 1 aliphatic heterocycles. The van der Waals surface area contributed by atoms with E-state index >= 15 is 0 Å². The number of methoxy groups -OCH3 is 1. The normalized spacial score (nSPS) is 24.1. The fraction of sp³-hybridized carbons (Fsp3) is 0.727. The quantitative estimate of drug-likeness (QED) is 0.894. The van der Waals surface area contributed by atoms with Crippen molar-refractivity contribution in [3.8, 4) is 0 Å². The Morgan fingerprint density at radius 2 is 2.39 bits per heavy atom. The highest BCUT2D eigenvalue weighted by Gasteiger charge is 2.37. The van der Waals surface area contributed by atoms with Gasteiger partial charge in [0.2, 0.25) is 4.96 Å². The van der Waals surface area contributed by atoms with Crippen LogP contribution in [0.15, 0.2) is 0 Å². The lowest BCUT2D eigenvalue weighted by atomic mass is 9.85. The van der Waals surface area contributed by atoms with Gasteiger partial charge in [0.1, 0.15) is 11.6 Å². The molecule has 1 saturated heterocycles. The molecule has 3 rings (SSSR count). The zero-order chi connectivity index (χ0) is 12.6. The molecule has 1 fully saturated rings. The zero-order valence-corrected chi connectivity index (χ0v) is 11.5. The third-order valence-electron chi connectivity index (χ3n) is 3.70. The molecule has 0 saturated carbocycles. The highest BCUT2D eigenvalue weighted by atomic mass is 32.1. The maximum absolute atomic E-state index is 5.11. The van der Waals surface area contributed by atoms with Gasteiger partial charge in [-0.05, 0) is 19.4 Å². The van der Waals surface area contributed by atoms with Crippen LogP contribution in [0.4, 0.5) is 0 Å². The van der Waals surface area contributed by atoms with E-state index in [1.807, 2.05) is 4.52 Å². The first kappa shape index (κ1) is 12.0. The van der Waals surface area contributed by atoms with Crippen molar-refractivity contribution in [2.24, 2.45) is 0 Å². The minimum Gasteiger partial charge on any atom is -0.377 e. The Morgan fingerprint density at radius 3 is 3.06 bits per heavy atom. The van der Waals surface area contributed by atoms with Gasteiger partial charge in [0.15, 0.2) is 5.82 Å². The third-order valence-corrected chi connectivity index (χ3v) is 4.85. The monoisotopic (exact) mass is 267 g/mol. The maximum Gasteiger partial charge on any atom is 0.234 e. The van der Waals surface area contributed by atoms with Gasteiger partial charge in [0, 0.05) is 19.1 Å². The summed E-state index contributed by atoms with van der Waals surface area (Å²) in [5.74, 6) is 0.771. The highest BCUT2D eigenvalue weighted by Crippen LogP contribution is 2.36. The van der Waals surface area contributed by atoms with E-state index in [0.717, 1.165) is 41.7 Å². The van der Waals surface area contributed by atoms with E-state index < -0.39 is 0 Å². The molecular weight excluding hydrogens is 250 g/mol. The maximum atomic E-state index is 5.11. The zero-order valence-electron chi connectivity index (χ0n) is 10.6. The summed E-state index contributed by atoms with van der Waals surface area (Å²) in [5, 5.41) is 17.6. The molecule has 0 aromatic carbocycles. The van der Waals surface area contributed by atoms with E-state index in [-0.39, 0.29) is 5.41 Å². The molecule has 1 aliphatic rings. The van der Waals surface area contributed by atoms with E-state index in [4.69, 9.17) is 9.84 Å². The summed E-state index contributed by atoms with van der Waals surface area (Å²) in [6.07, 6.45) is 2.25. The van der Waals surface area contributed by atoms with Crippen molar-refractivity contribution in [2.45, 2.75) is 31.8 Å². The molecule has 0 bridgehead atoms. The van der Waals surface area contributed by atoms with Crippen LogP contribution in [0, 0.1) is 0 Å². The van der Waals surface area contributed by atoms with Gasteiger partial charge >= 0.3 is 0 Å². The molecule has 1 N–H and O–H groups in total. The molecule has 7 heteroatoms. The largest absolute Gasteiger partial charge is 0.377 e. The lowest BCUT2D eigenvalue weighted by Gasteiger charge is -2.22. The van der Waals surface area contributed by atoms with Gasteiger partial charge in [-0.3, -0.25) is 0 Å². The number of aromatic nitrogens is 4. The molecule has 2 aromatic heterocycles. The molecule has 1 atom stereocenters. The van der Waals surface area contributed by atoms with E-state index in [1.54, 1.807) is 18.4 Å². The number of nitrogens with zero attached hydrogens (tertiary/aromatic N) is 4. The van der Waals surface area contributed by atoms with Crippen molar-refractivity contribution in [1.82, 2.24) is 25.1 Å². The summed E-state index contributed by atoms with van der Waals surface area (Å²) < 4.78 is 6.93. The first-order valence-corrected chi connectivity index (χ1v) is 7.02. The summed E-state index contributed by atoms with van der Waals surface area (Å²) >= 11 is 1.65. The smallest absolute Gasteiger partial charge is 0.234 e. The minimum atomic E-state index is 0.176. The van der Waals surface area contributed by atoms with Crippen LogP contribution in [0.3, 0.4) is 0 Å². The van der Waals surface area contributed by atoms with Crippen molar-refractivity contribution in [3.63, 3.8) is 0 Å². The Labute approximate surface area is 109 Å². The average molecular weight is 267 g/mol. The average Bonchev–Trinajstić information content (AvgIpc) is 3.05. The summed E-state index contributed by atoms with van der Waals surface area (Å²) in [6.45, 7) is 4.75. The van der Waals surface area contributed by atoms with E-state index in [2.05, 4.69) is 22.4 Å². The van der Waals surface area contributed by atoms with Gasteiger partial charge in [-0.25, -0.2) is 0 Å². The van der Waals surface area contributed by atoms with Crippen LogP contribution in [0.5, 0.6) is 0 Å². The molecule has 98 valence electrons. The second-order valence-electron chi connectivity index (χ2n) is 4.71. The highest BCUT2D eigenvalue weighted by molar-refractivity contribution is 7.16. The van der Waals surface area contributed by atoms with E-state index in [0.29, 0.717) is 6.61 Å². The van der Waals surface area contributed by atoms with Crippen LogP contribution in [0.25, 0.3) is 4.96 Å². The number of nitrogens with one attached hydrogen (secondary N) is 1. The summed E-state index contributed by atoms with van der Waals surface area (Å²) in [4.78, 5) is 0.858. The number of ether oxygens (including phenoxy) is 1. The van der Waals surface area contributed by atoms with Crippen LogP contribution in [-0.2, 0) is 16.8 Å². The number of hydrogen-bond donors (Lipinski definition) is 1. The predicted octanol–water partition coefficient (Wildman–Crippen LogP) is 0.973. The fourth-order valence-corrected chi connectivity index (χ4v) is 3.61. The number of rotatable bonds is 4. The van der Waals surface area contributed by atoms with Crippen LogP contribution in [0.1, 0.15) is 30.6 Å². The van der Waals surface area contributed by atoms with Crippen molar-refractivity contribution in [2.75, 3.05) is 20.2 Å². The van der Waals surface area contributed by atoms with Crippen LogP contribution in [-0.4, -0.2) is 40.0 Å². The van der Waals surface area contributed by atoms with Crippen molar-refractivity contribution in [1.29, 1.82) is 0 Å². The summed E-state index contributed by atoms with van der Waals surface area (Å²) in [7, 11) is 1.66. The van der Waals surface area contributed by atoms with Gasteiger partial charge in [-0.15, -0.1) is 10.2 Å². The first-order valence-electron chi connectivity index (χ1n) is 6.20. The third kappa shape index (κ3) is 1.73. The summed E-state index contributed by atoms with van der Waals surface area (Å²) in [6, 6.07) is 0. The lowest BCUT2D eigenvalue weighted by molar-refractivity contribution is 0.176. The molecule has 0 spiro atoms. The summed E-state index contributed by atoms with van der Waals surface area (Å²) in [5.41, 5.74) is 0.176. The molecule has 18 heavy (non-hydrogen) atoms. The molecule has 0 radical (unpaired) electrons. The number of fused-ring (bicyclic) bond motifs is 1. The molecule has 0 aliphatic carbocycles. The molecule has 0 amide bonds. The minimum absolute atomic E-state index is 0.176. The molecule has 6 nitrogen and oxygen atoms in total. The van der Waals surface area contributed by atoms with E-state index in [1.165, 1.54) is 0 Å². The molecular formula is C11H17N5OS. The van der Waals surface area contributed by atoms with Crippen LogP contribution < -0.4 is 5.32 Å². The van der Waals surface area contributed by atoms with Crippen LogP contribution >= 0.6 is 11.3 Å². The Hall–Kier alpha value is -1.05. The van der Waals surface area contributed by atoms with Crippen molar-refractivity contribution >= 4 is 16.3 Å². The topological polar surface area (TPSA) is 64.3 Å². The molecule has 2 aromatic rings. The van der Waals surface area contributed by atoms with Crippen LogP contribution in [0.2, 0.25) is 0 Å². The predicted molar refractivity (Wildman–Crippen MR) is 68.8 cm³/mol. The lowest BCUT2D eigenvalue weighted by Crippen LogP contribution is -2.28. The standard InChI is InChI=1S/C11H17N5OS/c1-3-11(4-5-12-7-11)9-15-16-8(6-17-2)13-14-10(16)18-9/h12H,3-7H2,1-2H3. The van der Waals surface area contributed by atoms with Gasteiger partial charge in [0.25, 0.3) is 0 Å². The fourth-order valence-electron chi connectivity index (χ4n) is 2.47. The van der Waals surface area contributed by atoms with Gasteiger partial charge in [-0.1, -0.05) is 18.3 Å². The molecule has 1 unspecified atom stereocenters. The van der Waals surface area contributed by atoms with Crippen molar-refractivity contribution < 1.29 is 4.74 Å². The Balaban J connectivity index is 2.02. The SMILES string of the molecule is CCC1(c2nn3c(COC)nnc3s2)CCNC1. The molecule has 3 heterocycles. The second-order valence-corrected chi connectivity index (χ2v) is 5.67. The Kier molecular flexibility index (Phi) is 3.04. The Bertz CT molecular complexity index is 543. The van der Waals surface area contributed by atoms with Gasteiger partial charge in [-0.2, -0.15) is 9.61 Å². The second kappa shape index (κ2) is 4.56. The first-order chi connectivity index (χ1) is 8.79. The number of hydrogen-bond acceptors (Lipinski definition) is 6. The van der Waals surface area contributed by atoms with E-state index in [9.17, 15) is 0 Å².